The summed E-state index contributed by atoms with van der Waals surface area (Å²) in [5.41, 5.74) is -1.56. The lowest BCUT2D eigenvalue weighted by atomic mass is 9.88. The molecule has 0 fully saturated rings. The van der Waals surface area contributed by atoms with Crippen molar-refractivity contribution in [2.45, 2.75) is 19.3 Å². The fourth-order valence-corrected chi connectivity index (χ4v) is 3.74. The van der Waals surface area contributed by atoms with Crippen LogP contribution in [-0.4, -0.2) is 37.3 Å². The Morgan fingerprint density at radius 2 is 1.78 bits per heavy atom. The zero-order valence-electron chi connectivity index (χ0n) is 19.8. The molecule has 0 aliphatic heterocycles. The molecule has 0 aliphatic carbocycles. The summed E-state index contributed by atoms with van der Waals surface area (Å²) in [7, 11) is 4.19. The highest BCUT2D eigenvalue weighted by atomic mass is 19.1. The molecule has 0 aliphatic rings. The van der Waals surface area contributed by atoms with Crippen molar-refractivity contribution < 1.29 is 37.8 Å². The number of ether oxygens (including phenoxy) is 3. The highest BCUT2D eigenvalue weighted by molar-refractivity contribution is 5.92. The molecule has 1 aromatic heterocycles. The number of benzene rings is 2. The maximum atomic E-state index is 13.7. The highest BCUT2D eigenvalue weighted by Gasteiger charge is 2.28. The van der Waals surface area contributed by atoms with Gasteiger partial charge in [0.2, 0.25) is 17.5 Å². The maximum Gasteiger partial charge on any atom is 0.343 e. The average Bonchev–Trinajstić information content (AvgIpc) is 2.82. The van der Waals surface area contributed by atoms with Crippen LogP contribution in [0.1, 0.15) is 29.2 Å². The van der Waals surface area contributed by atoms with E-state index in [1.54, 1.807) is 0 Å². The van der Waals surface area contributed by atoms with Crippen LogP contribution in [0.4, 0.5) is 15.8 Å². The van der Waals surface area contributed by atoms with Gasteiger partial charge in [0, 0.05) is 30.2 Å². The number of nitrogens with zero attached hydrogens (tertiary/aromatic N) is 1. The van der Waals surface area contributed by atoms with Crippen molar-refractivity contribution >= 4 is 17.3 Å². The van der Waals surface area contributed by atoms with Crippen LogP contribution < -0.4 is 25.2 Å². The number of amides is 1. The number of nitrogens with one attached hydrogen (secondary N) is 1. The van der Waals surface area contributed by atoms with Crippen LogP contribution in [-0.2, 0) is 4.79 Å². The molecular formula is C24H23FN2O9. The average molecular weight is 502 g/mol. The second-order valence-electron chi connectivity index (χ2n) is 7.63. The van der Waals surface area contributed by atoms with E-state index in [4.69, 9.17) is 18.6 Å². The van der Waals surface area contributed by atoms with Crippen LogP contribution in [0.15, 0.2) is 45.6 Å². The van der Waals surface area contributed by atoms with Crippen LogP contribution in [0.2, 0.25) is 0 Å². The van der Waals surface area contributed by atoms with E-state index in [9.17, 15) is 29.2 Å². The molecule has 11 nitrogen and oxygen atoms in total. The molecule has 1 heterocycles. The van der Waals surface area contributed by atoms with Crippen molar-refractivity contribution in [2.24, 2.45) is 0 Å². The largest absolute Gasteiger partial charge is 0.507 e. The number of aryl methyl sites for hydroxylation is 1. The van der Waals surface area contributed by atoms with E-state index >= 15 is 0 Å². The fourth-order valence-electron chi connectivity index (χ4n) is 3.74. The van der Waals surface area contributed by atoms with Gasteiger partial charge in [0.1, 0.15) is 11.5 Å². The number of carbonyl (C=O) groups excluding carboxylic acids is 1. The number of rotatable bonds is 9. The number of hydrogen-bond donors (Lipinski definition) is 2. The first-order valence-corrected chi connectivity index (χ1v) is 10.5. The molecule has 0 spiro atoms. The molecule has 3 rings (SSSR count). The van der Waals surface area contributed by atoms with Gasteiger partial charge in [-0.3, -0.25) is 14.9 Å². The number of aromatic hydroxyl groups is 1. The molecule has 1 atom stereocenters. The Morgan fingerprint density at radius 3 is 2.31 bits per heavy atom. The Bertz CT molecular complexity index is 1350. The van der Waals surface area contributed by atoms with E-state index in [-0.39, 0.29) is 34.3 Å². The Kier molecular flexibility index (Phi) is 7.77. The smallest absolute Gasteiger partial charge is 0.343 e. The minimum atomic E-state index is -1.06. The number of anilines is 1. The molecule has 0 radical (unpaired) electrons. The van der Waals surface area contributed by atoms with Gasteiger partial charge in [-0.15, -0.1) is 0 Å². The molecule has 1 amide bonds. The highest BCUT2D eigenvalue weighted by Crippen LogP contribution is 2.43. The molecule has 0 saturated carbocycles. The minimum Gasteiger partial charge on any atom is -0.507 e. The van der Waals surface area contributed by atoms with E-state index in [0.29, 0.717) is 5.56 Å². The van der Waals surface area contributed by atoms with Crippen molar-refractivity contribution in [1.82, 2.24) is 0 Å². The molecule has 190 valence electrons. The van der Waals surface area contributed by atoms with Crippen molar-refractivity contribution in [2.75, 3.05) is 26.6 Å². The minimum absolute atomic E-state index is 0.0306. The monoisotopic (exact) mass is 502 g/mol. The molecule has 0 saturated heterocycles. The predicted octanol–water partition coefficient (Wildman–Crippen LogP) is 3.89. The number of nitro benzene ring substituents is 1. The molecule has 2 N–H and O–H groups in total. The molecule has 36 heavy (non-hydrogen) atoms. The summed E-state index contributed by atoms with van der Waals surface area (Å²) in [5, 5.41) is 24.1. The summed E-state index contributed by atoms with van der Waals surface area (Å²) in [4.78, 5) is 35.8. The predicted molar refractivity (Wildman–Crippen MR) is 126 cm³/mol. The third-order valence-electron chi connectivity index (χ3n) is 5.34. The topological polar surface area (TPSA) is 150 Å². The molecule has 2 aromatic carbocycles. The van der Waals surface area contributed by atoms with Crippen LogP contribution in [0, 0.1) is 22.9 Å². The molecule has 0 unspecified atom stereocenters. The Morgan fingerprint density at radius 1 is 1.14 bits per heavy atom. The van der Waals surface area contributed by atoms with Crippen LogP contribution in [0.25, 0.3) is 0 Å². The summed E-state index contributed by atoms with van der Waals surface area (Å²) in [5.74, 6) is -2.30. The summed E-state index contributed by atoms with van der Waals surface area (Å²) in [6, 6.07) is 7.15. The van der Waals surface area contributed by atoms with Gasteiger partial charge in [-0.2, -0.15) is 4.39 Å². The summed E-state index contributed by atoms with van der Waals surface area (Å²) >= 11 is 0. The third-order valence-corrected chi connectivity index (χ3v) is 5.34. The van der Waals surface area contributed by atoms with Gasteiger partial charge in [-0.25, -0.2) is 4.79 Å². The van der Waals surface area contributed by atoms with Gasteiger partial charge < -0.3 is 29.1 Å². The van der Waals surface area contributed by atoms with Gasteiger partial charge in [0.25, 0.3) is 0 Å². The lowest BCUT2D eigenvalue weighted by Gasteiger charge is -2.21. The van der Waals surface area contributed by atoms with E-state index < -0.39 is 46.0 Å². The number of nitro groups is 1. The van der Waals surface area contributed by atoms with Crippen molar-refractivity contribution in [3.8, 4) is 23.0 Å². The lowest BCUT2D eigenvalue weighted by Crippen LogP contribution is -2.21. The zero-order valence-corrected chi connectivity index (χ0v) is 19.8. The van der Waals surface area contributed by atoms with Gasteiger partial charge in [-0.1, -0.05) is 0 Å². The second kappa shape index (κ2) is 10.8. The molecule has 3 aromatic rings. The van der Waals surface area contributed by atoms with Gasteiger partial charge in [-0.05, 0) is 36.8 Å². The van der Waals surface area contributed by atoms with E-state index in [2.05, 4.69) is 5.32 Å². The van der Waals surface area contributed by atoms with Gasteiger partial charge in [0.05, 0.1) is 31.8 Å². The second-order valence-corrected chi connectivity index (χ2v) is 7.63. The van der Waals surface area contributed by atoms with Crippen molar-refractivity contribution in [3.63, 3.8) is 0 Å². The summed E-state index contributed by atoms with van der Waals surface area (Å²) in [6.07, 6.45) is -0.412. The lowest BCUT2D eigenvalue weighted by molar-refractivity contribution is -0.387. The number of halogens is 1. The van der Waals surface area contributed by atoms with Gasteiger partial charge >= 0.3 is 11.3 Å². The first-order valence-electron chi connectivity index (χ1n) is 10.5. The maximum absolute atomic E-state index is 13.7. The quantitative estimate of drug-likeness (QED) is 0.328. The summed E-state index contributed by atoms with van der Waals surface area (Å²) < 4.78 is 34.9. The first-order chi connectivity index (χ1) is 17.1. The van der Waals surface area contributed by atoms with E-state index in [1.807, 2.05) is 0 Å². The Balaban J connectivity index is 2.09. The molecule has 0 bridgehead atoms. The number of carbonyl (C=O) groups is 1. The standard InChI is InChI=1S/C24H23FN2O9/c1-12-7-18(28)22(24(30)36-12)15(13-8-19(33-2)23(35-4)20(9-13)34-3)11-21(29)26-14-5-6-16(25)17(10-14)27(31)32/h5-10,15,28H,11H2,1-4H3,(H,26,29)/t15-/m0/s1. The van der Waals surface area contributed by atoms with Crippen molar-refractivity contribution in [1.29, 1.82) is 0 Å². The van der Waals surface area contributed by atoms with Crippen LogP contribution >= 0.6 is 0 Å². The van der Waals surface area contributed by atoms with E-state index in [0.717, 1.165) is 18.2 Å². The molecule has 12 heteroatoms. The normalized spacial score (nSPS) is 11.5. The first kappa shape index (κ1) is 26.0. The van der Waals surface area contributed by atoms with Crippen LogP contribution in [0.3, 0.4) is 0 Å². The summed E-state index contributed by atoms with van der Waals surface area (Å²) in [6.45, 7) is 1.48. The van der Waals surface area contributed by atoms with Crippen LogP contribution in [0.5, 0.6) is 23.0 Å². The van der Waals surface area contributed by atoms with Crippen molar-refractivity contribution in [3.05, 3.63) is 79.6 Å². The number of hydrogen-bond acceptors (Lipinski definition) is 9. The molecular weight excluding hydrogens is 479 g/mol. The third kappa shape index (κ3) is 5.37. The van der Waals surface area contributed by atoms with E-state index in [1.165, 1.54) is 46.5 Å². The zero-order chi connectivity index (χ0) is 26.6. The SMILES string of the molecule is COc1cc([C@H](CC(=O)Nc2ccc(F)c([N+](=O)[O-])c2)c2c(O)cc(C)oc2=O)cc(OC)c1OC. The fraction of sp³-hybridized carbons (Fsp3) is 0.250. The van der Waals surface area contributed by atoms with Gasteiger partial charge in [0.15, 0.2) is 11.5 Å². The Hall–Kier alpha value is -4.61. The Labute approximate surface area is 204 Å². The number of methoxy groups -OCH3 is 3.